The van der Waals surface area contributed by atoms with Gasteiger partial charge in [0.15, 0.2) is 5.11 Å². The smallest absolute Gasteiger partial charge is 0.186 e. The number of hydrazone groups is 1. The van der Waals surface area contributed by atoms with Gasteiger partial charge < -0.3 is 5.32 Å². The number of halogens is 1. The van der Waals surface area contributed by atoms with Gasteiger partial charge in [-0.25, -0.2) is 0 Å². The summed E-state index contributed by atoms with van der Waals surface area (Å²) in [6.07, 6.45) is 1.66. The summed E-state index contributed by atoms with van der Waals surface area (Å²) in [5, 5.41) is 8.09. The van der Waals surface area contributed by atoms with Gasteiger partial charge in [0.05, 0.1) is 6.21 Å². The van der Waals surface area contributed by atoms with Crippen molar-refractivity contribution in [1.29, 1.82) is 0 Å². The largest absolute Gasteiger partial charge is 0.362 e. The molecule has 0 aromatic heterocycles. The Morgan fingerprint density at radius 1 is 1.60 bits per heavy atom. The van der Waals surface area contributed by atoms with Gasteiger partial charge in [-0.3, -0.25) is 5.43 Å². The molecule has 0 aliphatic heterocycles. The Hall–Kier alpha value is -1.13. The fourth-order valence-electron chi connectivity index (χ4n) is 0.952. The summed E-state index contributed by atoms with van der Waals surface area (Å²) in [4.78, 5) is 0. The lowest BCUT2D eigenvalue weighted by atomic mass is 10.2. The molecule has 0 aliphatic rings. The van der Waals surface area contributed by atoms with Crippen molar-refractivity contribution in [2.45, 2.75) is 6.92 Å². The van der Waals surface area contributed by atoms with E-state index in [4.69, 9.17) is 23.8 Å². The van der Waals surface area contributed by atoms with E-state index < -0.39 is 0 Å². The Bertz CT molecular complexity index is 365. The minimum Gasteiger partial charge on any atom is -0.362 e. The van der Waals surface area contributed by atoms with Crippen molar-refractivity contribution in [2.75, 3.05) is 6.54 Å². The molecule has 0 saturated carbocycles. The van der Waals surface area contributed by atoms with Crippen LogP contribution in [0.2, 0.25) is 5.02 Å². The molecule has 2 N–H and O–H groups in total. The average molecular weight is 242 g/mol. The van der Waals surface area contributed by atoms with E-state index in [9.17, 15) is 0 Å². The molecule has 0 saturated heterocycles. The Morgan fingerprint density at radius 3 is 3.07 bits per heavy atom. The van der Waals surface area contributed by atoms with Crippen LogP contribution in [-0.2, 0) is 0 Å². The molecular weight excluding hydrogens is 230 g/mol. The highest BCUT2D eigenvalue weighted by Gasteiger charge is 1.90. The van der Waals surface area contributed by atoms with E-state index in [-0.39, 0.29) is 0 Å². The number of rotatable bonds is 3. The summed E-state index contributed by atoms with van der Waals surface area (Å²) in [6.45, 7) is 2.74. The topological polar surface area (TPSA) is 36.4 Å². The molecule has 15 heavy (non-hydrogen) atoms. The van der Waals surface area contributed by atoms with Crippen LogP contribution in [0.1, 0.15) is 12.5 Å². The van der Waals surface area contributed by atoms with E-state index in [1.165, 1.54) is 0 Å². The van der Waals surface area contributed by atoms with E-state index in [2.05, 4.69) is 15.8 Å². The SMILES string of the molecule is CCNC(=S)N/N=C\c1cccc(Cl)c1. The Balaban J connectivity index is 2.48. The standard InChI is InChI=1S/C10H12ClN3S/c1-2-12-10(15)14-13-7-8-4-3-5-9(11)6-8/h3-7H,2H2,1H3,(H2,12,14,15)/b13-7-. The zero-order valence-corrected chi connectivity index (χ0v) is 9.90. The molecule has 1 aromatic rings. The van der Waals surface area contributed by atoms with Crippen molar-refractivity contribution >= 4 is 35.1 Å². The molecule has 0 aliphatic carbocycles. The molecule has 1 rings (SSSR count). The molecule has 1 aromatic carbocycles. The Kier molecular flexibility index (Phi) is 5.07. The third-order valence-electron chi connectivity index (χ3n) is 1.57. The first-order chi connectivity index (χ1) is 7.22. The van der Waals surface area contributed by atoms with Crippen LogP contribution in [0.4, 0.5) is 0 Å². The maximum atomic E-state index is 5.82. The van der Waals surface area contributed by atoms with Gasteiger partial charge in [0.2, 0.25) is 0 Å². The van der Waals surface area contributed by atoms with E-state index in [0.717, 1.165) is 12.1 Å². The minimum absolute atomic E-state index is 0.510. The number of hydrogen-bond acceptors (Lipinski definition) is 2. The zero-order valence-electron chi connectivity index (χ0n) is 8.33. The van der Waals surface area contributed by atoms with Crippen LogP contribution in [0.15, 0.2) is 29.4 Å². The van der Waals surface area contributed by atoms with E-state index >= 15 is 0 Å². The van der Waals surface area contributed by atoms with Gasteiger partial charge >= 0.3 is 0 Å². The molecule has 0 unspecified atom stereocenters. The lowest BCUT2D eigenvalue weighted by Gasteiger charge is -2.02. The van der Waals surface area contributed by atoms with Crippen LogP contribution < -0.4 is 10.7 Å². The normalized spacial score (nSPS) is 10.3. The predicted octanol–water partition coefficient (Wildman–Crippen LogP) is 2.16. The quantitative estimate of drug-likeness (QED) is 0.484. The van der Waals surface area contributed by atoms with Crippen molar-refractivity contribution in [1.82, 2.24) is 10.7 Å². The maximum absolute atomic E-state index is 5.82. The second-order valence-corrected chi connectivity index (χ2v) is 3.63. The molecule has 0 radical (unpaired) electrons. The fraction of sp³-hybridized carbons (Fsp3) is 0.200. The highest BCUT2D eigenvalue weighted by atomic mass is 35.5. The maximum Gasteiger partial charge on any atom is 0.186 e. The third kappa shape index (κ3) is 4.76. The highest BCUT2D eigenvalue weighted by Crippen LogP contribution is 2.08. The van der Waals surface area contributed by atoms with E-state index in [0.29, 0.717) is 10.1 Å². The Labute approximate surface area is 99.5 Å². The molecule has 0 heterocycles. The van der Waals surface area contributed by atoms with Crippen LogP contribution >= 0.6 is 23.8 Å². The second-order valence-electron chi connectivity index (χ2n) is 2.78. The van der Waals surface area contributed by atoms with Gasteiger partial charge in [0, 0.05) is 11.6 Å². The van der Waals surface area contributed by atoms with Gasteiger partial charge in [0.25, 0.3) is 0 Å². The summed E-state index contributed by atoms with van der Waals surface area (Å²) < 4.78 is 0. The summed E-state index contributed by atoms with van der Waals surface area (Å²) in [5.41, 5.74) is 3.62. The molecule has 0 spiro atoms. The number of nitrogens with one attached hydrogen (secondary N) is 2. The third-order valence-corrected chi connectivity index (χ3v) is 2.04. The van der Waals surface area contributed by atoms with Crippen molar-refractivity contribution in [3.8, 4) is 0 Å². The molecule has 80 valence electrons. The Morgan fingerprint density at radius 2 is 2.40 bits per heavy atom. The predicted molar refractivity (Wildman–Crippen MR) is 68.5 cm³/mol. The van der Waals surface area contributed by atoms with Crippen LogP contribution in [0.25, 0.3) is 0 Å². The van der Waals surface area contributed by atoms with E-state index in [1.807, 2.05) is 31.2 Å². The zero-order chi connectivity index (χ0) is 11.1. The summed E-state index contributed by atoms with van der Waals surface area (Å²) in [6, 6.07) is 7.41. The summed E-state index contributed by atoms with van der Waals surface area (Å²) in [5.74, 6) is 0. The second kappa shape index (κ2) is 6.37. The molecule has 3 nitrogen and oxygen atoms in total. The first kappa shape index (κ1) is 11.9. The van der Waals surface area contributed by atoms with Crippen molar-refractivity contribution in [3.63, 3.8) is 0 Å². The summed E-state index contributed by atoms with van der Waals surface area (Å²) in [7, 11) is 0. The van der Waals surface area contributed by atoms with Gasteiger partial charge in [-0.1, -0.05) is 23.7 Å². The number of thiocarbonyl (C=S) groups is 1. The lowest BCUT2D eigenvalue weighted by molar-refractivity contribution is 0.904. The number of hydrogen-bond donors (Lipinski definition) is 2. The molecule has 5 heteroatoms. The first-order valence-corrected chi connectivity index (χ1v) is 5.33. The number of benzene rings is 1. The van der Waals surface area contributed by atoms with Crippen molar-refractivity contribution in [3.05, 3.63) is 34.9 Å². The average Bonchev–Trinajstić information content (AvgIpc) is 2.18. The minimum atomic E-state index is 0.510. The number of nitrogens with zero attached hydrogens (tertiary/aromatic N) is 1. The van der Waals surface area contributed by atoms with Crippen molar-refractivity contribution < 1.29 is 0 Å². The van der Waals surface area contributed by atoms with Gasteiger partial charge in [-0.2, -0.15) is 5.10 Å². The molecule has 0 amide bonds. The first-order valence-electron chi connectivity index (χ1n) is 4.55. The molecule has 0 atom stereocenters. The fourth-order valence-corrected chi connectivity index (χ4v) is 1.35. The van der Waals surface area contributed by atoms with Crippen molar-refractivity contribution in [2.24, 2.45) is 5.10 Å². The van der Waals surface area contributed by atoms with Gasteiger partial charge in [-0.15, -0.1) is 0 Å². The van der Waals surface area contributed by atoms with Gasteiger partial charge in [0.1, 0.15) is 0 Å². The summed E-state index contributed by atoms with van der Waals surface area (Å²) >= 11 is 10.7. The van der Waals surface area contributed by atoms with E-state index in [1.54, 1.807) is 6.21 Å². The van der Waals surface area contributed by atoms with Crippen LogP contribution in [0.5, 0.6) is 0 Å². The highest BCUT2D eigenvalue weighted by molar-refractivity contribution is 7.80. The van der Waals surface area contributed by atoms with Crippen LogP contribution in [0.3, 0.4) is 0 Å². The molecule has 0 bridgehead atoms. The molecule has 0 fully saturated rings. The van der Waals surface area contributed by atoms with Crippen LogP contribution in [-0.4, -0.2) is 17.9 Å². The van der Waals surface area contributed by atoms with Crippen LogP contribution in [0, 0.1) is 0 Å². The van der Waals surface area contributed by atoms with Gasteiger partial charge in [-0.05, 0) is 36.8 Å². The lowest BCUT2D eigenvalue weighted by Crippen LogP contribution is -2.31. The monoisotopic (exact) mass is 241 g/mol. The molecular formula is C10H12ClN3S.